The molecule has 0 spiro atoms. The van der Waals surface area contributed by atoms with Crippen LogP contribution in [-0.2, 0) is 11.3 Å². The molecule has 2 aromatic rings. The van der Waals surface area contributed by atoms with Crippen LogP contribution in [0.1, 0.15) is 34.6 Å². The maximum absolute atomic E-state index is 13.2. The average molecular weight is 417 g/mol. The Bertz CT molecular complexity index is 899. The molecule has 1 amide bonds. The summed E-state index contributed by atoms with van der Waals surface area (Å²) in [5.41, 5.74) is 0.587. The number of amides is 1. The fraction of sp³-hybridized carbons (Fsp3) is 0.500. The van der Waals surface area contributed by atoms with Crippen molar-refractivity contribution in [1.82, 2.24) is 19.8 Å². The van der Waals surface area contributed by atoms with Crippen LogP contribution in [0.5, 0.6) is 0 Å². The predicted octanol–water partition coefficient (Wildman–Crippen LogP) is 3.30. The topological polar surface area (TPSA) is 67.2 Å². The van der Waals surface area contributed by atoms with Crippen molar-refractivity contribution in [2.24, 2.45) is 0 Å². The standard InChI is InChI=1S/C22H32N4O2S/c1-7-12-23-20(27)17(6)29-22-24-19-11-9-8-10-18(19)21(28)26(22)14-13-25(15(2)3)16(4)5/h7-11,15-17H,1,12-14H2,2-6H3,(H,23,27)/t17-/m0/s1. The maximum atomic E-state index is 13.2. The van der Waals surface area contributed by atoms with E-state index >= 15 is 0 Å². The first kappa shape index (κ1) is 23.2. The minimum absolute atomic E-state index is 0.0655. The Morgan fingerprint density at radius 1 is 1.24 bits per heavy atom. The van der Waals surface area contributed by atoms with Gasteiger partial charge in [-0.25, -0.2) is 4.98 Å². The van der Waals surface area contributed by atoms with Gasteiger partial charge in [0, 0.05) is 31.7 Å². The van der Waals surface area contributed by atoms with Crippen LogP contribution in [0.2, 0.25) is 0 Å². The molecule has 7 heteroatoms. The van der Waals surface area contributed by atoms with Gasteiger partial charge in [0.2, 0.25) is 5.91 Å². The number of nitrogens with zero attached hydrogens (tertiary/aromatic N) is 3. The first-order valence-corrected chi connectivity index (χ1v) is 10.9. The molecule has 1 aromatic heterocycles. The van der Waals surface area contributed by atoms with E-state index in [9.17, 15) is 9.59 Å². The predicted molar refractivity (Wildman–Crippen MR) is 122 cm³/mol. The molecule has 0 aliphatic rings. The van der Waals surface area contributed by atoms with Crippen LogP contribution < -0.4 is 10.9 Å². The Labute approximate surface area is 177 Å². The largest absolute Gasteiger partial charge is 0.352 e. The zero-order chi connectivity index (χ0) is 21.6. The Kier molecular flexibility index (Phi) is 8.46. The number of thioether (sulfide) groups is 1. The molecule has 2 rings (SSSR count). The van der Waals surface area contributed by atoms with E-state index in [0.29, 0.717) is 41.2 Å². The van der Waals surface area contributed by atoms with Gasteiger partial charge in [-0.3, -0.25) is 19.1 Å². The molecule has 0 radical (unpaired) electrons. The molecule has 6 nitrogen and oxygen atoms in total. The van der Waals surface area contributed by atoms with E-state index in [-0.39, 0.29) is 16.7 Å². The number of benzene rings is 1. The lowest BCUT2D eigenvalue weighted by Gasteiger charge is -2.31. The molecule has 29 heavy (non-hydrogen) atoms. The summed E-state index contributed by atoms with van der Waals surface area (Å²) in [4.78, 5) is 32.6. The van der Waals surface area contributed by atoms with E-state index in [2.05, 4.69) is 44.5 Å². The lowest BCUT2D eigenvalue weighted by atomic mass is 10.2. The number of hydrogen-bond donors (Lipinski definition) is 1. The summed E-state index contributed by atoms with van der Waals surface area (Å²) in [5, 5.41) is 3.60. The molecule has 0 aliphatic carbocycles. The van der Waals surface area contributed by atoms with Crippen LogP contribution in [0.3, 0.4) is 0 Å². The smallest absolute Gasteiger partial charge is 0.262 e. The van der Waals surface area contributed by atoms with Gasteiger partial charge >= 0.3 is 0 Å². The van der Waals surface area contributed by atoms with Gasteiger partial charge in [0.25, 0.3) is 5.56 Å². The van der Waals surface area contributed by atoms with Crippen molar-refractivity contribution in [3.05, 3.63) is 47.3 Å². The highest BCUT2D eigenvalue weighted by Gasteiger charge is 2.20. The van der Waals surface area contributed by atoms with Crippen molar-refractivity contribution >= 4 is 28.6 Å². The van der Waals surface area contributed by atoms with Crippen molar-refractivity contribution in [2.75, 3.05) is 13.1 Å². The minimum atomic E-state index is -0.374. The van der Waals surface area contributed by atoms with E-state index < -0.39 is 0 Å². The van der Waals surface area contributed by atoms with E-state index in [1.165, 1.54) is 11.8 Å². The molecule has 1 N–H and O–H groups in total. The van der Waals surface area contributed by atoms with Gasteiger partial charge in [-0.2, -0.15) is 0 Å². The Morgan fingerprint density at radius 2 is 1.90 bits per heavy atom. The number of rotatable bonds is 10. The Hall–Kier alpha value is -2.12. The van der Waals surface area contributed by atoms with Crippen LogP contribution in [0.4, 0.5) is 0 Å². The molecule has 0 fully saturated rings. The van der Waals surface area contributed by atoms with Gasteiger partial charge in [0.15, 0.2) is 5.16 Å². The molecule has 1 atom stereocenters. The molecule has 0 bridgehead atoms. The number of nitrogens with one attached hydrogen (secondary N) is 1. The maximum Gasteiger partial charge on any atom is 0.262 e. The molecular formula is C22H32N4O2S. The van der Waals surface area contributed by atoms with Gasteiger partial charge in [0.05, 0.1) is 16.2 Å². The highest BCUT2D eigenvalue weighted by molar-refractivity contribution is 8.00. The summed E-state index contributed by atoms with van der Waals surface area (Å²) >= 11 is 1.31. The Morgan fingerprint density at radius 3 is 2.52 bits per heavy atom. The van der Waals surface area contributed by atoms with Gasteiger partial charge in [-0.1, -0.05) is 30.0 Å². The summed E-state index contributed by atoms with van der Waals surface area (Å²) in [6.07, 6.45) is 1.64. The Balaban J connectivity index is 2.39. The van der Waals surface area contributed by atoms with Gasteiger partial charge < -0.3 is 5.32 Å². The number of carbonyl (C=O) groups is 1. The quantitative estimate of drug-likeness (QED) is 0.366. The first-order valence-electron chi connectivity index (χ1n) is 10.1. The van der Waals surface area contributed by atoms with Gasteiger partial charge in [0.1, 0.15) is 0 Å². The molecule has 0 saturated heterocycles. The van der Waals surface area contributed by atoms with Crippen LogP contribution >= 0.6 is 11.8 Å². The van der Waals surface area contributed by atoms with E-state index in [0.717, 1.165) is 6.54 Å². The molecule has 1 aromatic carbocycles. The molecule has 0 saturated carbocycles. The lowest BCUT2D eigenvalue weighted by Crippen LogP contribution is -2.41. The fourth-order valence-electron chi connectivity index (χ4n) is 3.29. The van der Waals surface area contributed by atoms with E-state index in [1.54, 1.807) is 16.7 Å². The number of fused-ring (bicyclic) bond motifs is 1. The van der Waals surface area contributed by atoms with Crippen molar-refractivity contribution in [3.8, 4) is 0 Å². The molecule has 158 valence electrons. The van der Waals surface area contributed by atoms with Gasteiger partial charge in [-0.15, -0.1) is 6.58 Å². The second kappa shape index (κ2) is 10.6. The van der Waals surface area contributed by atoms with Crippen LogP contribution in [0, 0.1) is 0 Å². The van der Waals surface area contributed by atoms with Gasteiger partial charge in [-0.05, 0) is 46.8 Å². The second-order valence-corrected chi connectivity index (χ2v) is 8.90. The monoisotopic (exact) mass is 416 g/mol. The van der Waals surface area contributed by atoms with Crippen molar-refractivity contribution < 1.29 is 4.79 Å². The first-order chi connectivity index (χ1) is 13.8. The minimum Gasteiger partial charge on any atom is -0.352 e. The highest BCUT2D eigenvalue weighted by Crippen LogP contribution is 2.23. The SMILES string of the molecule is C=CCNC(=O)[C@H](C)Sc1nc2ccccc2c(=O)n1CCN(C(C)C)C(C)C. The molecule has 1 heterocycles. The van der Waals surface area contributed by atoms with Crippen LogP contribution in [0.25, 0.3) is 10.9 Å². The number of aromatic nitrogens is 2. The molecule has 0 aliphatic heterocycles. The van der Waals surface area contributed by atoms with Crippen molar-refractivity contribution in [3.63, 3.8) is 0 Å². The number of hydrogen-bond acceptors (Lipinski definition) is 5. The second-order valence-electron chi connectivity index (χ2n) is 7.59. The molecule has 0 unspecified atom stereocenters. The third-order valence-electron chi connectivity index (χ3n) is 4.81. The summed E-state index contributed by atoms with van der Waals surface area (Å²) in [7, 11) is 0. The van der Waals surface area contributed by atoms with Crippen molar-refractivity contribution in [2.45, 2.75) is 63.7 Å². The lowest BCUT2D eigenvalue weighted by molar-refractivity contribution is -0.120. The zero-order valence-corrected chi connectivity index (χ0v) is 18.8. The summed E-state index contributed by atoms with van der Waals surface area (Å²) in [5.74, 6) is -0.102. The van der Waals surface area contributed by atoms with Crippen LogP contribution in [-0.4, -0.2) is 50.8 Å². The van der Waals surface area contributed by atoms with Crippen molar-refractivity contribution in [1.29, 1.82) is 0 Å². The summed E-state index contributed by atoms with van der Waals surface area (Å²) in [6.45, 7) is 15.7. The fourth-order valence-corrected chi connectivity index (χ4v) is 4.25. The number of carbonyl (C=O) groups excluding carboxylic acids is 1. The van der Waals surface area contributed by atoms with E-state index in [4.69, 9.17) is 4.98 Å². The normalized spacial score (nSPS) is 12.7. The van der Waals surface area contributed by atoms with Crippen LogP contribution in [0.15, 0.2) is 46.9 Å². The summed E-state index contributed by atoms with van der Waals surface area (Å²) < 4.78 is 1.71. The zero-order valence-electron chi connectivity index (χ0n) is 18.0. The average Bonchev–Trinajstić information content (AvgIpc) is 2.67. The third-order valence-corrected chi connectivity index (χ3v) is 5.90. The summed E-state index contributed by atoms with van der Waals surface area (Å²) in [6, 6.07) is 8.11. The number of para-hydroxylation sites is 1. The highest BCUT2D eigenvalue weighted by atomic mass is 32.2. The third kappa shape index (κ3) is 5.93. The van der Waals surface area contributed by atoms with E-state index in [1.807, 2.05) is 25.1 Å². The molecular weight excluding hydrogens is 384 g/mol.